The molecular formula is C14H29Cl3N4OS. The second kappa shape index (κ2) is 13.6. The molecule has 9 heteroatoms. The molecule has 23 heavy (non-hydrogen) atoms. The normalized spacial score (nSPS) is 17.3. The molecule has 1 aliphatic rings. The Morgan fingerprint density at radius 1 is 1.22 bits per heavy atom. The molecule has 2 heterocycles. The highest BCUT2D eigenvalue weighted by Gasteiger charge is 2.16. The molecule has 0 aromatic carbocycles. The van der Waals surface area contributed by atoms with E-state index in [1.54, 1.807) is 18.4 Å². The summed E-state index contributed by atoms with van der Waals surface area (Å²) in [5.74, 6) is 0. The smallest absolute Gasteiger partial charge is 0.122 e. The van der Waals surface area contributed by atoms with E-state index in [0.29, 0.717) is 0 Å². The van der Waals surface area contributed by atoms with Crippen molar-refractivity contribution >= 4 is 48.6 Å². The predicted molar refractivity (Wildman–Crippen MR) is 105 cm³/mol. The number of ether oxygens (including phenoxy) is 1. The van der Waals surface area contributed by atoms with Crippen molar-refractivity contribution in [3.05, 3.63) is 16.1 Å². The van der Waals surface area contributed by atoms with Crippen molar-refractivity contribution in [1.29, 1.82) is 0 Å². The lowest BCUT2D eigenvalue weighted by molar-refractivity contribution is 0.119. The minimum atomic E-state index is 0. The molecule has 0 bridgehead atoms. The van der Waals surface area contributed by atoms with Crippen molar-refractivity contribution in [1.82, 2.24) is 14.8 Å². The fourth-order valence-electron chi connectivity index (χ4n) is 2.50. The maximum Gasteiger partial charge on any atom is 0.122 e. The molecule has 1 aliphatic heterocycles. The second-order valence-electron chi connectivity index (χ2n) is 5.32. The molecule has 1 aromatic rings. The quantitative estimate of drug-likeness (QED) is 0.785. The van der Waals surface area contributed by atoms with Crippen LogP contribution >= 0.6 is 48.6 Å². The number of nitrogens with two attached hydrogens (primary N) is 1. The van der Waals surface area contributed by atoms with Crippen molar-refractivity contribution in [2.45, 2.75) is 26.0 Å². The standard InChI is InChI=1S/C14H26N4OS.3ClH/c1-12(19-2)14-16-13(11-20-14)10-18-6-3-5-17(7-4-15)8-9-18;;;/h11-12H,3-10,15H2,1-2H3;3*1H. The molecule has 2 rings (SSSR count). The largest absolute Gasteiger partial charge is 0.375 e. The zero-order valence-electron chi connectivity index (χ0n) is 13.8. The van der Waals surface area contributed by atoms with Gasteiger partial charge in [0.1, 0.15) is 11.1 Å². The van der Waals surface area contributed by atoms with E-state index >= 15 is 0 Å². The SMILES string of the molecule is COC(C)c1nc(CN2CCCN(CCN)CC2)cs1.Cl.Cl.Cl. The monoisotopic (exact) mass is 406 g/mol. The van der Waals surface area contributed by atoms with Gasteiger partial charge in [-0.25, -0.2) is 4.98 Å². The lowest BCUT2D eigenvalue weighted by atomic mass is 10.3. The summed E-state index contributed by atoms with van der Waals surface area (Å²) in [4.78, 5) is 9.63. The number of halogens is 3. The highest BCUT2D eigenvalue weighted by Crippen LogP contribution is 2.21. The third kappa shape index (κ3) is 8.31. The number of hydrogen-bond acceptors (Lipinski definition) is 6. The Kier molecular flexibility index (Phi) is 15.1. The fourth-order valence-corrected chi connectivity index (χ4v) is 3.34. The molecule has 0 saturated carbocycles. The first-order valence-corrected chi connectivity index (χ1v) is 8.22. The first kappa shape index (κ1) is 25.6. The number of methoxy groups -OCH3 is 1. The summed E-state index contributed by atoms with van der Waals surface area (Å²) in [6.45, 7) is 9.28. The number of hydrogen-bond donors (Lipinski definition) is 1. The summed E-state index contributed by atoms with van der Waals surface area (Å²) in [5.41, 5.74) is 6.80. The maximum atomic E-state index is 5.64. The molecule has 0 radical (unpaired) electrons. The molecule has 1 fully saturated rings. The van der Waals surface area contributed by atoms with Crippen molar-refractivity contribution in [2.75, 3.05) is 46.4 Å². The highest BCUT2D eigenvalue weighted by atomic mass is 35.5. The molecule has 1 atom stereocenters. The van der Waals surface area contributed by atoms with Crippen LogP contribution in [0.3, 0.4) is 0 Å². The Morgan fingerprint density at radius 3 is 2.52 bits per heavy atom. The molecule has 1 saturated heterocycles. The summed E-state index contributed by atoms with van der Waals surface area (Å²) in [6, 6.07) is 0. The number of aromatic nitrogens is 1. The van der Waals surface area contributed by atoms with E-state index in [0.717, 1.165) is 50.8 Å². The molecule has 138 valence electrons. The van der Waals surface area contributed by atoms with Gasteiger partial charge in [-0.2, -0.15) is 0 Å². The third-order valence-corrected chi connectivity index (χ3v) is 4.84. The Balaban J connectivity index is 0. The molecule has 2 N–H and O–H groups in total. The van der Waals surface area contributed by atoms with Crippen LogP contribution in [0.5, 0.6) is 0 Å². The van der Waals surface area contributed by atoms with Crippen molar-refractivity contribution < 1.29 is 4.74 Å². The average Bonchev–Trinajstić information content (AvgIpc) is 2.80. The zero-order valence-corrected chi connectivity index (χ0v) is 17.0. The van der Waals surface area contributed by atoms with Gasteiger partial charge in [0.05, 0.1) is 5.69 Å². The van der Waals surface area contributed by atoms with E-state index < -0.39 is 0 Å². The Labute approximate surface area is 162 Å². The first-order chi connectivity index (χ1) is 9.72. The van der Waals surface area contributed by atoms with Crippen LogP contribution < -0.4 is 5.73 Å². The van der Waals surface area contributed by atoms with Crippen LogP contribution in [0.2, 0.25) is 0 Å². The number of thiazole rings is 1. The fraction of sp³-hybridized carbons (Fsp3) is 0.786. The summed E-state index contributed by atoms with van der Waals surface area (Å²) < 4.78 is 5.32. The van der Waals surface area contributed by atoms with E-state index in [1.165, 1.54) is 12.1 Å². The van der Waals surface area contributed by atoms with Gasteiger partial charge in [-0.3, -0.25) is 4.90 Å². The van der Waals surface area contributed by atoms with Crippen LogP contribution in [0, 0.1) is 0 Å². The second-order valence-corrected chi connectivity index (χ2v) is 6.20. The van der Waals surface area contributed by atoms with Crippen LogP contribution in [-0.4, -0.2) is 61.2 Å². The summed E-state index contributed by atoms with van der Waals surface area (Å²) in [7, 11) is 1.73. The lowest BCUT2D eigenvalue weighted by Crippen LogP contribution is -2.33. The van der Waals surface area contributed by atoms with Crippen LogP contribution in [-0.2, 0) is 11.3 Å². The highest BCUT2D eigenvalue weighted by molar-refractivity contribution is 7.09. The van der Waals surface area contributed by atoms with Gasteiger partial charge in [-0.15, -0.1) is 48.6 Å². The molecule has 0 spiro atoms. The van der Waals surface area contributed by atoms with Crippen molar-refractivity contribution in [3.8, 4) is 0 Å². The minimum Gasteiger partial charge on any atom is -0.375 e. The van der Waals surface area contributed by atoms with Gasteiger partial charge in [0.15, 0.2) is 0 Å². The number of rotatable bonds is 6. The van der Waals surface area contributed by atoms with Gasteiger partial charge < -0.3 is 15.4 Å². The number of nitrogens with zero attached hydrogens (tertiary/aromatic N) is 3. The summed E-state index contributed by atoms with van der Waals surface area (Å²) >= 11 is 1.69. The van der Waals surface area contributed by atoms with E-state index in [4.69, 9.17) is 10.5 Å². The molecular weight excluding hydrogens is 379 g/mol. The van der Waals surface area contributed by atoms with Gasteiger partial charge >= 0.3 is 0 Å². The predicted octanol–water partition coefficient (Wildman–Crippen LogP) is 2.58. The van der Waals surface area contributed by atoms with E-state index in [2.05, 4.69) is 20.2 Å². The van der Waals surface area contributed by atoms with E-state index in [9.17, 15) is 0 Å². The maximum absolute atomic E-state index is 5.64. The summed E-state index contributed by atoms with van der Waals surface area (Å²) in [6.07, 6.45) is 1.31. The molecule has 1 aromatic heterocycles. The Morgan fingerprint density at radius 2 is 1.87 bits per heavy atom. The van der Waals surface area contributed by atoms with Gasteiger partial charge in [-0.1, -0.05) is 0 Å². The molecule has 1 unspecified atom stereocenters. The molecule has 5 nitrogen and oxygen atoms in total. The van der Waals surface area contributed by atoms with Crippen molar-refractivity contribution in [2.24, 2.45) is 5.73 Å². The minimum absolute atomic E-state index is 0. The Hall–Kier alpha value is 0.340. The van der Waals surface area contributed by atoms with Crippen LogP contribution in [0.15, 0.2) is 5.38 Å². The van der Waals surface area contributed by atoms with E-state index in [1.807, 2.05) is 6.92 Å². The molecule has 0 aliphatic carbocycles. The van der Waals surface area contributed by atoms with E-state index in [-0.39, 0.29) is 43.3 Å². The van der Waals surface area contributed by atoms with Crippen LogP contribution in [0.1, 0.15) is 30.2 Å². The van der Waals surface area contributed by atoms with Gasteiger partial charge in [0.2, 0.25) is 0 Å². The molecule has 0 amide bonds. The van der Waals surface area contributed by atoms with Gasteiger partial charge in [0.25, 0.3) is 0 Å². The topological polar surface area (TPSA) is 54.6 Å². The Bertz CT molecular complexity index is 411. The first-order valence-electron chi connectivity index (χ1n) is 7.34. The van der Waals surface area contributed by atoms with Crippen LogP contribution in [0.4, 0.5) is 0 Å². The third-order valence-electron chi connectivity index (χ3n) is 3.78. The lowest BCUT2D eigenvalue weighted by Gasteiger charge is -2.20. The van der Waals surface area contributed by atoms with Crippen LogP contribution in [0.25, 0.3) is 0 Å². The van der Waals surface area contributed by atoms with Gasteiger partial charge in [-0.05, 0) is 26.4 Å². The zero-order chi connectivity index (χ0) is 14.4. The van der Waals surface area contributed by atoms with Gasteiger partial charge in [0, 0.05) is 45.2 Å². The average molecular weight is 408 g/mol. The van der Waals surface area contributed by atoms with Crippen molar-refractivity contribution in [3.63, 3.8) is 0 Å². The summed E-state index contributed by atoms with van der Waals surface area (Å²) in [5, 5.41) is 3.23.